The zero-order valence-electron chi connectivity index (χ0n) is 8.26. The van der Waals surface area contributed by atoms with Crippen LogP contribution in [0, 0.1) is 0 Å². The Morgan fingerprint density at radius 1 is 1.00 bits per heavy atom. The molecule has 0 N–H and O–H groups in total. The van der Waals surface area contributed by atoms with Gasteiger partial charge in [-0.3, -0.25) is 0 Å². The summed E-state index contributed by atoms with van der Waals surface area (Å²) < 4.78 is 62.6. The molecular formula is C11H6F5O. The molecule has 1 aliphatic rings. The molecule has 0 saturated carbocycles. The van der Waals surface area contributed by atoms with Crippen LogP contribution in [-0.2, 0) is 5.11 Å². The first-order valence-corrected chi connectivity index (χ1v) is 4.66. The van der Waals surface area contributed by atoms with Gasteiger partial charge in [-0.05, 0) is 17.2 Å². The Bertz CT molecular complexity index is 475. The van der Waals surface area contributed by atoms with Crippen molar-refractivity contribution in [1.29, 1.82) is 0 Å². The Labute approximate surface area is 93.2 Å². The third-order valence-electron chi connectivity index (χ3n) is 2.59. The van der Waals surface area contributed by atoms with Crippen LogP contribution in [0.3, 0.4) is 0 Å². The molecular weight excluding hydrogens is 243 g/mol. The van der Waals surface area contributed by atoms with Gasteiger partial charge >= 0.3 is 12.1 Å². The van der Waals surface area contributed by atoms with Crippen molar-refractivity contribution in [2.24, 2.45) is 0 Å². The highest BCUT2D eigenvalue weighted by atomic mass is 19.4. The number of benzene rings is 1. The zero-order valence-corrected chi connectivity index (χ0v) is 8.26. The van der Waals surface area contributed by atoms with E-state index in [9.17, 15) is 27.1 Å². The lowest BCUT2D eigenvalue weighted by Crippen LogP contribution is -2.39. The van der Waals surface area contributed by atoms with Crippen molar-refractivity contribution in [3.63, 3.8) is 0 Å². The smallest absolute Gasteiger partial charge is 0.223 e. The Hall–Kier alpha value is -1.43. The third-order valence-corrected chi connectivity index (χ3v) is 2.59. The van der Waals surface area contributed by atoms with Gasteiger partial charge in [-0.1, -0.05) is 24.3 Å². The Morgan fingerprint density at radius 2 is 1.59 bits per heavy atom. The average molecular weight is 249 g/mol. The van der Waals surface area contributed by atoms with E-state index in [0.717, 1.165) is 0 Å². The number of hydrogen-bond acceptors (Lipinski definition) is 0. The van der Waals surface area contributed by atoms with Crippen LogP contribution in [0.1, 0.15) is 17.2 Å². The SMILES string of the molecule is [O]C1C(C(F)(F)C(F)(F)F)=Cc2ccccc21. The van der Waals surface area contributed by atoms with E-state index in [1.54, 1.807) is 0 Å². The molecule has 0 saturated heterocycles. The highest BCUT2D eigenvalue weighted by molar-refractivity contribution is 5.67. The van der Waals surface area contributed by atoms with Crippen LogP contribution in [0.25, 0.3) is 6.08 Å². The van der Waals surface area contributed by atoms with Gasteiger partial charge < -0.3 is 0 Å². The molecule has 0 bridgehead atoms. The molecule has 1 aromatic rings. The van der Waals surface area contributed by atoms with Gasteiger partial charge in [0.2, 0.25) is 0 Å². The Balaban J connectivity index is 2.46. The maximum atomic E-state index is 13.1. The van der Waals surface area contributed by atoms with E-state index in [1.165, 1.54) is 24.3 Å². The van der Waals surface area contributed by atoms with Gasteiger partial charge in [0.25, 0.3) is 0 Å². The van der Waals surface area contributed by atoms with Gasteiger partial charge in [-0.25, -0.2) is 5.11 Å². The summed E-state index contributed by atoms with van der Waals surface area (Å²) in [7, 11) is 0. The monoisotopic (exact) mass is 249 g/mol. The van der Waals surface area contributed by atoms with E-state index >= 15 is 0 Å². The van der Waals surface area contributed by atoms with E-state index in [-0.39, 0.29) is 11.1 Å². The summed E-state index contributed by atoms with van der Waals surface area (Å²) in [5, 5.41) is 11.5. The van der Waals surface area contributed by atoms with Gasteiger partial charge in [-0.15, -0.1) is 0 Å². The summed E-state index contributed by atoms with van der Waals surface area (Å²) in [5.41, 5.74) is -1.37. The minimum Gasteiger partial charge on any atom is -0.223 e. The van der Waals surface area contributed by atoms with Crippen molar-refractivity contribution in [2.45, 2.75) is 18.2 Å². The van der Waals surface area contributed by atoms with E-state index in [4.69, 9.17) is 0 Å². The third kappa shape index (κ3) is 1.72. The first kappa shape index (κ1) is 12.0. The van der Waals surface area contributed by atoms with Crippen molar-refractivity contribution in [3.8, 4) is 0 Å². The predicted molar refractivity (Wildman–Crippen MR) is 48.8 cm³/mol. The molecule has 1 unspecified atom stereocenters. The summed E-state index contributed by atoms with van der Waals surface area (Å²) >= 11 is 0. The van der Waals surface area contributed by atoms with Crippen molar-refractivity contribution in [1.82, 2.24) is 0 Å². The lowest BCUT2D eigenvalue weighted by Gasteiger charge is -2.22. The van der Waals surface area contributed by atoms with Gasteiger partial charge in [-0.2, -0.15) is 22.0 Å². The van der Waals surface area contributed by atoms with Crippen LogP contribution in [0.2, 0.25) is 0 Å². The summed E-state index contributed by atoms with van der Waals surface area (Å²) in [5.74, 6) is -5.08. The Morgan fingerprint density at radius 3 is 2.12 bits per heavy atom. The van der Waals surface area contributed by atoms with Crippen LogP contribution >= 0.6 is 0 Å². The molecule has 1 aliphatic carbocycles. The quantitative estimate of drug-likeness (QED) is 0.675. The molecule has 1 atom stereocenters. The largest absolute Gasteiger partial charge is 0.457 e. The zero-order chi connectivity index (χ0) is 12.8. The maximum absolute atomic E-state index is 13.1. The first-order chi connectivity index (χ1) is 7.75. The van der Waals surface area contributed by atoms with Crippen LogP contribution in [0.15, 0.2) is 29.8 Å². The number of alkyl halides is 5. The Kier molecular flexibility index (Phi) is 2.50. The fourth-order valence-electron chi connectivity index (χ4n) is 1.71. The minimum atomic E-state index is -5.75. The fraction of sp³-hybridized carbons (Fsp3) is 0.273. The number of halogens is 5. The van der Waals surface area contributed by atoms with Crippen LogP contribution in [0.4, 0.5) is 22.0 Å². The molecule has 91 valence electrons. The summed E-state index contributed by atoms with van der Waals surface area (Å²) in [6.45, 7) is 0. The van der Waals surface area contributed by atoms with Crippen molar-refractivity contribution < 1.29 is 27.1 Å². The van der Waals surface area contributed by atoms with E-state index < -0.39 is 23.8 Å². The molecule has 0 aliphatic heterocycles. The van der Waals surface area contributed by atoms with Crippen LogP contribution in [0.5, 0.6) is 0 Å². The summed E-state index contributed by atoms with van der Waals surface area (Å²) in [4.78, 5) is 0. The minimum absolute atomic E-state index is 0.0496. The average Bonchev–Trinajstić information content (AvgIpc) is 2.56. The molecule has 0 amide bonds. The molecule has 1 radical (unpaired) electrons. The maximum Gasteiger partial charge on any atom is 0.457 e. The lowest BCUT2D eigenvalue weighted by atomic mass is 10.0. The van der Waals surface area contributed by atoms with E-state index in [1.807, 2.05) is 0 Å². The molecule has 17 heavy (non-hydrogen) atoms. The fourth-order valence-corrected chi connectivity index (χ4v) is 1.71. The normalized spacial score (nSPS) is 20.1. The van der Waals surface area contributed by atoms with E-state index in [2.05, 4.69) is 0 Å². The molecule has 0 aromatic heterocycles. The van der Waals surface area contributed by atoms with E-state index in [0.29, 0.717) is 6.08 Å². The number of hydrogen-bond donors (Lipinski definition) is 0. The van der Waals surface area contributed by atoms with Crippen molar-refractivity contribution in [2.75, 3.05) is 0 Å². The van der Waals surface area contributed by atoms with Gasteiger partial charge in [0.1, 0.15) is 6.10 Å². The summed E-state index contributed by atoms with van der Waals surface area (Å²) in [6, 6.07) is 5.48. The van der Waals surface area contributed by atoms with Crippen molar-refractivity contribution >= 4 is 6.08 Å². The molecule has 6 heteroatoms. The molecule has 1 nitrogen and oxygen atoms in total. The van der Waals surface area contributed by atoms with Gasteiger partial charge in [0, 0.05) is 5.57 Å². The lowest BCUT2D eigenvalue weighted by molar-refractivity contribution is -0.268. The standard InChI is InChI=1S/C11H6F5O/c12-10(13,11(14,15)16)8-5-6-3-1-2-4-7(6)9(8)17/h1-5,9H. The second-order valence-electron chi connectivity index (χ2n) is 3.68. The molecule has 0 heterocycles. The molecule has 0 spiro atoms. The second kappa shape index (κ2) is 3.53. The van der Waals surface area contributed by atoms with Crippen molar-refractivity contribution in [3.05, 3.63) is 41.0 Å². The molecule has 2 rings (SSSR count). The van der Waals surface area contributed by atoms with Gasteiger partial charge in [0.05, 0.1) is 0 Å². The highest BCUT2D eigenvalue weighted by Crippen LogP contribution is 2.49. The summed E-state index contributed by atoms with van der Waals surface area (Å²) in [6.07, 6.45) is -7.29. The molecule has 1 aromatic carbocycles. The topological polar surface area (TPSA) is 19.9 Å². The number of fused-ring (bicyclic) bond motifs is 1. The van der Waals surface area contributed by atoms with Crippen LogP contribution < -0.4 is 0 Å². The first-order valence-electron chi connectivity index (χ1n) is 4.66. The number of rotatable bonds is 1. The predicted octanol–water partition coefficient (Wildman–Crippen LogP) is 3.75. The molecule has 0 fully saturated rings. The van der Waals surface area contributed by atoms with Gasteiger partial charge in [0.15, 0.2) is 0 Å². The van der Waals surface area contributed by atoms with Crippen LogP contribution in [-0.4, -0.2) is 12.1 Å². The second-order valence-corrected chi connectivity index (χ2v) is 3.68. The highest BCUT2D eigenvalue weighted by Gasteiger charge is 2.62.